The van der Waals surface area contributed by atoms with E-state index in [1.54, 1.807) is 7.11 Å². The predicted molar refractivity (Wildman–Crippen MR) is 75.2 cm³/mol. The van der Waals surface area contributed by atoms with Gasteiger partial charge >= 0.3 is 0 Å². The highest BCUT2D eigenvalue weighted by Gasteiger charge is 2.23. The summed E-state index contributed by atoms with van der Waals surface area (Å²) in [6.07, 6.45) is 2.62. The van der Waals surface area contributed by atoms with Gasteiger partial charge in [0.2, 0.25) is 0 Å². The summed E-state index contributed by atoms with van der Waals surface area (Å²) in [4.78, 5) is 14.2. The number of carbonyl (C=O) groups is 1. The van der Waals surface area contributed by atoms with Crippen molar-refractivity contribution in [2.75, 3.05) is 27.2 Å². The van der Waals surface area contributed by atoms with E-state index >= 15 is 0 Å². The zero-order chi connectivity index (χ0) is 13.1. The first-order valence-electron chi connectivity index (χ1n) is 6.15. The standard InChI is InChI=1S/C14H18BrNO2/c1-16(8-10-3-4-10)9-13(17)11-5-6-14(18-2)12(15)7-11/h5-7,10H,3-4,8-9H2,1-2H3. The number of rotatable bonds is 6. The number of halogens is 1. The quantitative estimate of drug-likeness (QED) is 0.756. The van der Waals surface area contributed by atoms with Crippen molar-refractivity contribution >= 4 is 21.7 Å². The van der Waals surface area contributed by atoms with Crippen LogP contribution in [-0.2, 0) is 0 Å². The largest absolute Gasteiger partial charge is 0.496 e. The molecule has 0 radical (unpaired) electrons. The molecule has 0 unspecified atom stereocenters. The molecule has 1 aliphatic carbocycles. The van der Waals surface area contributed by atoms with Crippen LogP contribution in [0.4, 0.5) is 0 Å². The molecule has 0 N–H and O–H groups in total. The van der Waals surface area contributed by atoms with Gasteiger partial charge in [-0.05, 0) is 59.9 Å². The van der Waals surface area contributed by atoms with Gasteiger partial charge < -0.3 is 4.74 Å². The first-order valence-corrected chi connectivity index (χ1v) is 6.94. The monoisotopic (exact) mass is 311 g/mol. The lowest BCUT2D eigenvalue weighted by atomic mass is 10.1. The van der Waals surface area contributed by atoms with Crippen molar-refractivity contribution in [3.8, 4) is 5.75 Å². The van der Waals surface area contributed by atoms with Crippen LogP contribution in [0.5, 0.6) is 5.75 Å². The molecular weight excluding hydrogens is 294 g/mol. The van der Waals surface area contributed by atoms with E-state index in [1.807, 2.05) is 25.2 Å². The number of nitrogens with zero attached hydrogens (tertiary/aromatic N) is 1. The Morgan fingerprint density at radius 3 is 2.78 bits per heavy atom. The molecule has 0 saturated heterocycles. The number of benzene rings is 1. The summed E-state index contributed by atoms with van der Waals surface area (Å²) < 4.78 is 5.97. The van der Waals surface area contributed by atoms with E-state index in [1.165, 1.54) is 12.8 Å². The summed E-state index contributed by atoms with van der Waals surface area (Å²) >= 11 is 3.40. The van der Waals surface area contributed by atoms with Crippen LogP contribution < -0.4 is 4.74 Å². The van der Waals surface area contributed by atoms with Crippen molar-refractivity contribution in [1.82, 2.24) is 4.90 Å². The average Bonchev–Trinajstić information content (AvgIpc) is 3.12. The Morgan fingerprint density at radius 1 is 1.50 bits per heavy atom. The zero-order valence-corrected chi connectivity index (χ0v) is 12.4. The Balaban J connectivity index is 1.97. The van der Waals surface area contributed by atoms with Crippen LogP contribution in [0.25, 0.3) is 0 Å². The molecule has 1 aliphatic rings. The van der Waals surface area contributed by atoms with E-state index in [9.17, 15) is 4.79 Å². The smallest absolute Gasteiger partial charge is 0.176 e. The minimum atomic E-state index is 0.154. The molecule has 0 heterocycles. The molecule has 0 aliphatic heterocycles. The Morgan fingerprint density at radius 2 is 2.22 bits per heavy atom. The molecule has 0 amide bonds. The number of hydrogen-bond donors (Lipinski definition) is 0. The van der Waals surface area contributed by atoms with E-state index in [-0.39, 0.29) is 5.78 Å². The maximum Gasteiger partial charge on any atom is 0.176 e. The molecule has 1 fully saturated rings. The lowest BCUT2D eigenvalue weighted by Crippen LogP contribution is -2.27. The van der Waals surface area contributed by atoms with E-state index in [0.29, 0.717) is 6.54 Å². The third-order valence-corrected chi connectivity index (χ3v) is 3.77. The predicted octanol–water partition coefficient (Wildman–Crippen LogP) is 2.98. The minimum Gasteiger partial charge on any atom is -0.496 e. The fraction of sp³-hybridized carbons (Fsp3) is 0.500. The molecule has 1 aromatic carbocycles. The van der Waals surface area contributed by atoms with Crippen molar-refractivity contribution < 1.29 is 9.53 Å². The highest BCUT2D eigenvalue weighted by atomic mass is 79.9. The normalized spacial score (nSPS) is 14.9. The summed E-state index contributed by atoms with van der Waals surface area (Å²) in [7, 11) is 3.62. The maximum atomic E-state index is 12.1. The molecule has 0 atom stereocenters. The second-order valence-corrected chi connectivity index (χ2v) is 5.77. The molecular formula is C14H18BrNO2. The molecule has 98 valence electrons. The lowest BCUT2D eigenvalue weighted by molar-refractivity contribution is 0.0944. The Hall–Kier alpha value is -0.870. The van der Waals surface area contributed by atoms with E-state index in [4.69, 9.17) is 4.74 Å². The van der Waals surface area contributed by atoms with E-state index < -0.39 is 0 Å². The van der Waals surface area contributed by atoms with Crippen LogP contribution in [0.3, 0.4) is 0 Å². The first-order chi connectivity index (χ1) is 8.60. The second-order valence-electron chi connectivity index (χ2n) is 4.91. The van der Waals surface area contributed by atoms with Crippen LogP contribution in [0.1, 0.15) is 23.2 Å². The van der Waals surface area contributed by atoms with Gasteiger partial charge in [-0.3, -0.25) is 9.69 Å². The second kappa shape index (κ2) is 5.85. The summed E-state index contributed by atoms with van der Waals surface area (Å²) in [5, 5.41) is 0. The van der Waals surface area contributed by atoms with Gasteiger partial charge in [-0.15, -0.1) is 0 Å². The first kappa shape index (κ1) is 13.6. The van der Waals surface area contributed by atoms with Gasteiger partial charge in [0.05, 0.1) is 18.1 Å². The summed E-state index contributed by atoms with van der Waals surface area (Å²) in [5.74, 6) is 1.71. The van der Waals surface area contributed by atoms with Crippen molar-refractivity contribution in [3.05, 3.63) is 28.2 Å². The van der Waals surface area contributed by atoms with Gasteiger partial charge in [0.15, 0.2) is 5.78 Å². The summed E-state index contributed by atoms with van der Waals surface area (Å²) in [5.41, 5.74) is 0.727. The number of carbonyl (C=O) groups excluding carboxylic acids is 1. The van der Waals surface area contributed by atoms with Crippen molar-refractivity contribution in [2.24, 2.45) is 5.92 Å². The molecule has 3 nitrogen and oxygen atoms in total. The fourth-order valence-electron chi connectivity index (χ4n) is 1.98. The average molecular weight is 312 g/mol. The Kier molecular flexibility index (Phi) is 4.40. The van der Waals surface area contributed by atoms with Gasteiger partial charge in [-0.25, -0.2) is 0 Å². The number of Topliss-reactive ketones (excluding diaryl/α,β-unsaturated/α-hetero) is 1. The number of methoxy groups -OCH3 is 1. The number of ether oxygens (including phenoxy) is 1. The van der Waals surface area contributed by atoms with Crippen LogP contribution in [-0.4, -0.2) is 37.9 Å². The fourth-order valence-corrected chi connectivity index (χ4v) is 2.52. The lowest BCUT2D eigenvalue weighted by Gasteiger charge is -2.15. The number of hydrogen-bond acceptors (Lipinski definition) is 3. The molecule has 0 aromatic heterocycles. The van der Waals surface area contributed by atoms with Gasteiger partial charge in [-0.2, -0.15) is 0 Å². The molecule has 1 aromatic rings. The van der Waals surface area contributed by atoms with Crippen molar-refractivity contribution in [3.63, 3.8) is 0 Å². The maximum absolute atomic E-state index is 12.1. The molecule has 18 heavy (non-hydrogen) atoms. The number of ketones is 1. The zero-order valence-electron chi connectivity index (χ0n) is 10.8. The third kappa shape index (κ3) is 3.56. The van der Waals surface area contributed by atoms with Crippen molar-refractivity contribution in [1.29, 1.82) is 0 Å². The third-order valence-electron chi connectivity index (χ3n) is 3.15. The van der Waals surface area contributed by atoms with E-state index in [2.05, 4.69) is 20.8 Å². The number of likely N-dealkylation sites (N-methyl/N-ethyl adjacent to an activating group) is 1. The molecule has 0 bridgehead atoms. The molecule has 2 rings (SSSR count). The topological polar surface area (TPSA) is 29.5 Å². The van der Waals surface area contributed by atoms with Crippen molar-refractivity contribution in [2.45, 2.75) is 12.8 Å². The molecule has 0 spiro atoms. The van der Waals surface area contributed by atoms with E-state index in [0.717, 1.165) is 28.2 Å². The van der Waals surface area contributed by atoms with Gasteiger partial charge in [0, 0.05) is 12.1 Å². The molecule has 4 heteroatoms. The van der Waals surface area contributed by atoms with Gasteiger partial charge in [-0.1, -0.05) is 0 Å². The van der Waals surface area contributed by atoms with Crippen LogP contribution >= 0.6 is 15.9 Å². The summed E-state index contributed by atoms with van der Waals surface area (Å²) in [6, 6.07) is 5.46. The molecule has 1 saturated carbocycles. The van der Waals surface area contributed by atoms with Crippen LogP contribution in [0.15, 0.2) is 22.7 Å². The Bertz CT molecular complexity index is 443. The van der Waals surface area contributed by atoms with Gasteiger partial charge in [0.1, 0.15) is 5.75 Å². The van der Waals surface area contributed by atoms with Crippen LogP contribution in [0, 0.1) is 5.92 Å². The Labute approximate surface area is 116 Å². The highest BCUT2D eigenvalue weighted by molar-refractivity contribution is 9.10. The van der Waals surface area contributed by atoms with Crippen LogP contribution in [0.2, 0.25) is 0 Å². The highest BCUT2D eigenvalue weighted by Crippen LogP contribution is 2.29. The SMILES string of the molecule is COc1ccc(C(=O)CN(C)CC2CC2)cc1Br. The summed E-state index contributed by atoms with van der Waals surface area (Å²) in [6.45, 7) is 1.51. The van der Waals surface area contributed by atoms with Gasteiger partial charge in [0.25, 0.3) is 0 Å². The minimum absolute atomic E-state index is 0.154.